The molecular formula is C15H28N2O2. The molecule has 0 radical (unpaired) electrons. The molecule has 0 spiro atoms. The molecule has 1 aliphatic carbocycles. The van der Waals surface area contributed by atoms with E-state index in [0.717, 1.165) is 38.7 Å². The van der Waals surface area contributed by atoms with Gasteiger partial charge in [-0.3, -0.25) is 4.79 Å². The van der Waals surface area contributed by atoms with Gasteiger partial charge in [0.25, 0.3) is 0 Å². The van der Waals surface area contributed by atoms with Gasteiger partial charge in [0.15, 0.2) is 0 Å². The van der Waals surface area contributed by atoms with Crippen molar-refractivity contribution >= 4 is 5.91 Å². The molecule has 2 aliphatic rings. The van der Waals surface area contributed by atoms with E-state index in [9.17, 15) is 4.79 Å². The molecule has 0 bridgehead atoms. The molecule has 1 aliphatic heterocycles. The zero-order valence-electron chi connectivity index (χ0n) is 12.3. The van der Waals surface area contributed by atoms with Crippen molar-refractivity contribution in [2.24, 2.45) is 11.7 Å². The Labute approximate surface area is 116 Å². The zero-order valence-corrected chi connectivity index (χ0v) is 12.3. The molecule has 1 heterocycles. The first-order valence-electron chi connectivity index (χ1n) is 7.63. The second kappa shape index (κ2) is 6.23. The minimum atomic E-state index is -0.108. The van der Waals surface area contributed by atoms with Gasteiger partial charge in [-0.15, -0.1) is 0 Å². The molecule has 0 aromatic rings. The Morgan fingerprint density at radius 1 is 1.37 bits per heavy atom. The summed E-state index contributed by atoms with van der Waals surface area (Å²) in [7, 11) is 0. The smallest absolute Gasteiger partial charge is 0.220 e. The summed E-state index contributed by atoms with van der Waals surface area (Å²) >= 11 is 0. The van der Waals surface area contributed by atoms with Crippen LogP contribution in [0.5, 0.6) is 0 Å². The predicted octanol–water partition coefficient (Wildman–Crippen LogP) is 1.97. The van der Waals surface area contributed by atoms with Crippen LogP contribution in [0.2, 0.25) is 0 Å². The van der Waals surface area contributed by atoms with Gasteiger partial charge in [0.2, 0.25) is 5.91 Å². The van der Waals surface area contributed by atoms with E-state index in [0.29, 0.717) is 18.4 Å². The van der Waals surface area contributed by atoms with Crippen molar-refractivity contribution < 1.29 is 9.53 Å². The van der Waals surface area contributed by atoms with E-state index in [-0.39, 0.29) is 17.6 Å². The third kappa shape index (κ3) is 4.77. The number of carbonyl (C=O) groups is 1. The van der Waals surface area contributed by atoms with Crippen LogP contribution < -0.4 is 11.1 Å². The predicted molar refractivity (Wildman–Crippen MR) is 75.7 cm³/mol. The first kappa shape index (κ1) is 14.8. The summed E-state index contributed by atoms with van der Waals surface area (Å²) in [5.74, 6) is 0.679. The van der Waals surface area contributed by atoms with Crippen molar-refractivity contribution in [1.82, 2.24) is 5.32 Å². The molecule has 4 heteroatoms. The van der Waals surface area contributed by atoms with E-state index < -0.39 is 0 Å². The van der Waals surface area contributed by atoms with Gasteiger partial charge < -0.3 is 15.8 Å². The maximum Gasteiger partial charge on any atom is 0.220 e. The molecule has 0 aromatic carbocycles. The Hall–Kier alpha value is -0.610. The number of nitrogens with two attached hydrogens (primary N) is 1. The summed E-state index contributed by atoms with van der Waals surface area (Å²) in [4.78, 5) is 12.1. The van der Waals surface area contributed by atoms with Crippen molar-refractivity contribution in [3.8, 4) is 0 Å². The van der Waals surface area contributed by atoms with E-state index >= 15 is 0 Å². The largest absolute Gasteiger partial charge is 0.375 e. The van der Waals surface area contributed by atoms with Crippen LogP contribution in [0.4, 0.5) is 0 Å². The Balaban J connectivity index is 1.74. The highest BCUT2D eigenvalue weighted by Gasteiger charge is 2.30. The minimum absolute atomic E-state index is 0.108. The van der Waals surface area contributed by atoms with E-state index in [1.165, 1.54) is 6.42 Å². The van der Waals surface area contributed by atoms with Gasteiger partial charge in [-0.05, 0) is 51.9 Å². The normalized spacial score (nSPS) is 34.8. The van der Waals surface area contributed by atoms with Gasteiger partial charge in [0.05, 0.1) is 5.60 Å². The summed E-state index contributed by atoms with van der Waals surface area (Å²) in [6.07, 6.45) is 6.93. The summed E-state index contributed by atoms with van der Waals surface area (Å²) in [5.41, 5.74) is 5.86. The van der Waals surface area contributed by atoms with Gasteiger partial charge >= 0.3 is 0 Å². The molecule has 2 rings (SSSR count). The highest BCUT2D eigenvalue weighted by Crippen LogP contribution is 2.27. The number of rotatable bonds is 3. The maximum atomic E-state index is 12.1. The molecule has 3 unspecified atom stereocenters. The van der Waals surface area contributed by atoms with E-state index in [4.69, 9.17) is 10.5 Å². The molecule has 3 N–H and O–H groups in total. The van der Waals surface area contributed by atoms with E-state index in [1.807, 2.05) is 0 Å². The third-order valence-electron chi connectivity index (χ3n) is 4.36. The molecule has 1 amide bonds. The summed E-state index contributed by atoms with van der Waals surface area (Å²) in [6, 6.07) is 0.571. The van der Waals surface area contributed by atoms with Crippen LogP contribution in [0, 0.1) is 5.92 Å². The van der Waals surface area contributed by atoms with Crippen LogP contribution in [-0.4, -0.2) is 30.2 Å². The molecule has 1 saturated carbocycles. The van der Waals surface area contributed by atoms with Crippen LogP contribution >= 0.6 is 0 Å². The highest BCUT2D eigenvalue weighted by atomic mass is 16.5. The van der Waals surface area contributed by atoms with Crippen LogP contribution in [0.1, 0.15) is 58.8 Å². The molecule has 110 valence electrons. The van der Waals surface area contributed by atoms with E-state index in [2.05, 4.69) is 19.2 Å². The van der Waals surface area contributed by atoms with Crippen LogP contribution in [0.15, 0.2) is 0 Å². The average molecular weight is 268 g/mol. The van der Waals surface area contributed by atoms with Gasteiger partial charge in [-0.2, -0.15) is 0 Å². The molecule has 2 fully saturated rings. The molecule has 1 saturated heterocycles. The SMILES string of the molecule is CC1(C)CC(NC(=O)CC2CCCC(N)C2)CCO1. The van der Waals surface area contributed by atoms with Crippen LogP contribution in [-0.2, 0) is 9.53 Å². The van der Waals surface area contributed by atoms with Crippen molar-refractivity contribution in [2.45, 2.75) is 76.5 Å². The minimum Gasteiger partial charge on any atom is -0.375 e. The lowest BCUT2D eigenvalue weighted by Crippen LogP contribution is -2.46. The number of nitrogens with one attached hydrogen (secondary N) is 1. The fraction of sp³-hybridized carbons (Fsp3) is 0.933. The Bertz CT molecular complexity index is 317. The lowest BCUT2D eigenvalue weighted by atomic mass is 9.84. The fourth-order valence-electron chi connectivity index (χ4n) is 3.42. The van der Waals surface area contributed by atoms with Crippen molar-refractivity contribution in [3.63, 3.8) is 0 Å². The lowest BCUT2D eigenvalue weighted by Gasteiger charge is -2.36. The third-order valence-corrected chi connectivity index (χ3v) is 4.36. The topological polar surface area (TPSA) is 64.4 Å². The van der Waals surface area contributed by atoms with Crippen molar-refractivity contribution in [2.75, 3.05) is 6.61 Å². The number of amides is 1. The van der Waals surface area contributed by atoms with Crippen molar-refractivity contribution in [3.05, 3.63) is 0 Å². The van der Waals surface area contributed by atoms with Crippen LogP contribution in [0.3, 0.4) is 0 Å². The second-order valence-electron chi connectivity index (χ2n) is 6.86. The van der Waals surface area contributed by atoms with Gasteiger partial charge in [-0.1, -0.05) is 6.42 Å². The number of carbonyl (C=O) groups excluding carboxylic acids is 1. The monoisotopic (exact) mass is 268 g/mol. The summed E-state index contributed by atoms with van der Waals surface area (Å²) < 4.78 is 5.67. The number of ether oxygens (including phenoxy) is 1. The molecule has 4 nitrogen and oxygen atoms in total. The first-order valence-corrected chi connectivity index (χ1v) is 7.63. The maximum absolute atomic E-state index is 12.1. The van der Waals surface area contributed by atoms with Crippen molar-refractivity contribution in [1.29, 1.82) is 0 Å². The number of hydrogen-bond donors (Lipinski definition) is 2. The van der Waals surface area contributed by atoms with Gasteiger partial charge in [-0.25, -0.2) is 0 Å². The quantitative estimate of drug-likeness (QED) is 0.822. The Morgan fingerprint density at radius 2 is 2.16 bits per heavy atom. The number of hydrogen-bond acceptors (Lipinski definition) is 3. The van der Waals surface area contributed by atoms with E-state index in [1.54, 1.807) is 0 Å². The lowest BCUT2D eigenvalue weighted by molar-refractivity contribution is -0.125. The standard InChI is InChI=1S/C15H28N2O2/c1-15(2)10-13(6-7-19-15)17-14(18)9-11-4-3-5-12(16)8-11/h11-13H,3-10,16H2,1-2H3,(H,17,18). The Kier molecular flexibility index (Phi) is 4.85. The highest BCUT2D eigenvalue weighted by molar-refractivity contribution is 5.76. The van der Waals surface area contributed by atoms with Gasteiger partial charge in [0, 0.05) is 25.1 Å². The average Bonchev–Trinajstić information content (AvgIpc) is 2.27. The molecule has 3 atom stereocenters. The zero-order chi connectivity index (χ0) is 13.9. The van der Waals surface area contributed by atoms with Gasteiger partial charge in [0.1, 0.15) is 0 Å². The molecule has 19 heavy (non-hydrogen) atoms. The summed E-state index contributed by atoms with van der Waals surface area (Å²) in [5, 5.41) is 3.18. The second-order valence-corrected chi connectivity index (χ2v) is 6.86. The molecule has 0 aromatic heterocycles. The Morgan fingerprint density at radius 3 is 2.84 bits per heavy atom. The summed E-state index contributed by atoms with van der Waals surface area (Å²) in [6.45, 7) is 4.92. The first-order chi connectivity index (χ1) is 8.94. The molecular weight excluding hydrogens is 240 g/mol. The fourth-order valence-corrected chi connectivity index (χ4v) is 3.42. The van der Waals surface area contributed by atoms with Crippen LogP contribution in [0.25, 0.3) is 0 Å².